The molecule has 130 valence electrons. The monoisotopic (exact) mass is 341 g/mol. The topological polar surface area (TPSA) is 29.1 Å². The molecular weight excluding hydrogens is 318 g/mol. The first-order valence-electron chi connectivity index (χ1n) is 9.30. The average Bonchev–Trinajstić information content (AvgIpc) is 3.48. The lowest BCUT2D eigenvalue weighted by Crippen LogP contribution is -2.11. The van der Waals surface area contributed by atoms with Gasteiger partial charge in [-0.3, -0.25) is 4.79 Å². The minimum atomic E-state index is -0.0643. The molecule has 1 aliphatic rings. The second-order valence-electron chi connectivity index (χ2n) is 7.07. The highest BCUT2D eigenvalue weighted by atomic mass is 16.1. The zero-order valence-corrected chi connectivity index (χ0v) is 14.8. The van der Waals surface area contributed by atoms with E-state index in [1.54, 1.807) is 0 Å². The summed E-state index contributed by atoms with van der Waals surface area (Å²) in [5, 5.41) is 2.96. The van der Waals surface area contributed by atoms with Gasteiger partial charge in [0.15, 0.2) is 0 Å². The van der Waals surface area contributed by atoms with Crippen molar-refractivity contribution in [2.24, 2.45) is 5.92 Å². The van der Waals surface area contributed by atoms with Crippen LogP contribution in [0.2, 0.25) is 0 Å². The SMILES string of the molecule is O=C(Nc1ccc(C2CC2CCc2ccccc2)cc1)c1ccccc1. The fourth-order valence-electron chi connectivity index (χ4n) is 3.58. The number of aryl methyl sites for hydroxylation is 1. The number of carbonyl (C=O) groups excluding carboxylic acids is 1. The summed E-state index contributed by atoms with van der Waals surface area (Å²) < 4.78 is 0. The molecule has 3 aromatic carbocycles. The molecule has 1 N–H and O–H groups in total. The number of hydrogen-bond acceptors (Lipinski definition) is 1. The molecule has 1 saturated carbocycles. The molecule has 0 heterocycles. The number of rotatable bonds is 6. The van der Waals surface area contributed by atoms with Crippen LogP contribution in [-0.4, -0.2) is 5.91 Å². The Labute approximate surface area is 154 Å². The van der Waals surface area contributed by atoms with Gasteiger partial charge in [0.2, 0.25) is 0 Å². The molecule has 0 radical (unpaired) electrons. The summed E-state index contributed by atoms with van der Waals surface area (Å²) in [4.78, 5) is 12.2. The predicted octanol–water partition coefficient (Wildman–Crippen LogP) is 5.68. The van der Waals surface area contributed by atoms with Gasteiger partial charge in [-0.1, -0.05) is 60.7 Å². The zero-order valence-electron chi connectivity index (χ0n) is 14.8. The van der Waals surface area contributed by atoms with Crippen molar-refractivity contribution in [1.29, 1.82) is 0 Å². The molecule has 0 aliphatic heterocycles. The Bertz CT molecular complexity index is 856. The first-order chi connectivity index (χ1) is 12.8. The number of anilines is 1. The summed E-state index contributed by atoms with van der Waals surface area (Å²) in [5.74, 6) is 1.41. The van der Waals surface area contributed by atoms with Gasteiger partial charge >= 0.3 is 0 Å². The van der Waals surface area contributed by atoms with Gasteiger partial charge in [-0.05, 0) is 66.5 Å². The number of hydrogen-bond donors (Lipinski definition) is 1. The number of carbonyl (C=O) groups is 1. The van der Waals surface area contributed by atoms with Crippen LogP contribution in [0, 0.1) is 5.92 Å². The van der Waals surface area contributed by atoms with Crippen molar-refractivity contribution in [2.75, 3.05) is 5.32 Å². The third-order valence-electron chi connectivity index (χ3n) is 5.20. The van der Waals surface area contributed by atoms with E-state index in [4.69, 9.17) is 0 Å². The van der Waals surface area contributed by atoms with Crippen molar-refractivity contribution in [3.05, 3.63) is 102 Å². The Morgan fingerprint density at radius 2 is 1.50 bits per heavy atom. The quantitative estimate of drug-likeness (QED) is 0.614. The summed E-state index contributed by atoms with van der Waals surface area (Å²) in [5.41, 5.74) is 4.35. The summed E-state index contributed by atoms with van der Waals surface area (Å²) in [7, 11) is 0. The van der Waals surface area contributed by atoms with E-state index in [9.17, 15) is 4.79 Å². The van der Waals surface area contributed by atoms with Gasteiger partial charge in [-0.2, -0.15) is 0 Å². The number of amides is 1. The zero-order chi connectivity index (χ0) is 17.8. The molecule has 2 nitrogen and oxygen atoms in total. The van der Waals surface area contributed by atoms with Crippen LogP contribution in [-0.2, 0) is 6.42 Å². The molecule has 0 aromatic heterocycles. The van der Waals surface area contributed by atoms with Gasteiger partial charge in [0.05, 0.1) is 0 Å². The highest BCUT2D eigenvalue weighted by Gasteiger charge is 2.37. The minimum absolute atomic E-state index is 0.0643. The molecule has 26 heavy (non-hydrogen) atoms. The van der Waals surface area contributed by atoms with Gasteiger partial charge in [-0.25, -0.2) is 0 Å². The molecule has 4 rings (SSSR count). The minimum Gasteiger partial charge on any atom is -0.322 e. The Balaban J connectivity index is 1.30. The fourth-order valence-corrected chi connectivity index (χ4v) is 3.58. The highest BCUT2D eigenvalue weighted by Crippen LogP contribution is 2.50. The molecule has 1 aliphatic carbocycles. The van der Waals surface area contributed by atoms with Crippen LogP contribution in [0.15, 0.2) is 84.9 Å². The van der Waals surface area contributed by atoms with Crippen LogP contribution in [0.3, 0.4) is 0 Å². The molecule has 1 fully saturated rings. The Hall–Kier alpha value is -2.87. The smallest absolute Gasteiger partial charge is 0.255 e. The Morgan fingerprint density at radius 1 is 0.846 bits per heavy atom. The van der Waals surface area contributed by atoms with Crippen LogP contribution >= 0.6 is 0 Å². The summed E-state index contributed by atoms with van der Waals surface area (Å²) in [6, 6.07) is 28.4. The van der Waals surface area contributed by atoms with E-state index in [2.05, 4.69) is 47.8 Å². The van der Waals surface area contributed by atoms with Crippen LogP contribution in [0.1, 0.15) is 40.2 Å². The third-order valence-corrected chi connectivity index (χ3v) is 5.20. The van der Waals surface area contributed by atoms with E-state index < -0.39 is 0 Å². The van der Waals surface area contributed by atoms with Gasteiger partial charge in [-0.15, -0.1) is 0 Å². The standard InChI is InChI=1S/C24H23NO/c26-24(20-9-5-2-6-10-20)25-22-15-13-19(14-16-22)23-17-21(23)12-11-18-7-3-1-4-8-18/h1-10,13-16,21,23H,11-12,17H2,(H,25,26). The van der Waals surface area contributed by atoms with E-state index in [0.717, 1.165) is 18.0 Å². The predicted molar refractivity (Wildman–Crippen MR) is 106 cm³/mol. The summed E-state index contributed by atoms with van der Waals surface area (Å²) >= 11 is 0. The summed E-state index contributed by atoms with van der Waals surface area (Å²) in [6.07, 6.45) is 3.69. The molecule has 0 saturated heterocycles. The molecule has 2 atom stereocenters. The lowest BCUT2D eigenvalue weighted by atomic mass is 10.0. The van der Waals surface area contributed by atoms with Crippen molar-refractivity contribution >= 4 is 11.6 Å². The molecule has 1 amide bonds. The van der Waals surface area contributed by atoms with Crippen LogP contribution < -0.4 is 5.32 Å². The Morgan fingerprint density at radius 3 is 2.19 bits per heavy atom. The van der Waals surface area contributed by atoms with Crippen molar-refractivity contribution in [3.63, 3.8) is 0 Å². The van der Waals surface area contributed by atoms with Crippen molar-refractivity contribution in [2.45, 2.75) is 25.2 Å². The van der Waals surface area contributed by atoms with Crippen molar-refractivity contribution in [1.82, 2.24) is 0 Å². The first kappa shape index (κ1) is 16.6. The van der Waals surface area contributed by atoms with E-state index >= 15 is 0 Å². The van der Waals surface area contributed by atoms with Crippen molar-refractivity contribution < 1.29 is 4.79 Å². The maximum atomic E-state index is 12.2. The van der Waals surface area contributed by atoms with Gasteiger partial charge in [0, 0.05) is 11.3 Å². The summed E-state index contributed by atoms with van der Waals surface area (Å²) in [6.45, 7) is 0. The lowest BCUT2D eigenvalue weighted by Gasteiger charge is -2.07. The van der Waals surface area contributed by atoms with E-state index in [-0.39, 0.29) is 5.91 Å². The van der Waals surface area contributed by atoms with Gasteiger partial charge in [0.25, 0.3) is 5.91 Å². The Kier molecular flexibility index (Phi) is 4.83. The van der Waals surface area contributed by atoms with Gasteiger partial charge in [0.1, 0.15) is 0 Å². The lowest BCUT2D eigenvalue weighted by molar-refractivity contribution is 0.102. The van der Waals surface area contributed by atoms with E-state index in [0.29, 0.717) is 11.5 Å². The second kappa shape index (κ2) is 7.57. The maximum Gasteiger partial charge on any atom is 0.255 e. The molecule has 3 aromatic rings. The number of nitrogens with one attached hydrogen (secondary N) is 1. The molecule has 0 spiro atoms. The largest absolute Gasteiger partial charge is 0.322 e. The number of benzene rings is 3. The normalized spacial score (nSPS) is 18.3. The maximum absolute atomic E-state index is 12.2. The molecule has 2 heteroatoms. The highest BCUT2D eigenvalue weighted by molar-refractivity contribution is 6.04. The van der Waals surface area contributed by atoms with Crippen molar-refractivity contribution in [3.8, 4) is 0 Å². The van der Waals surface area contributed by atoms with E-state index in [1.165, 1.54) is 24.0 Å². The third kappa shape index (κ3) is 4.02. The fraction of sp³-hybridized carbons (Fsp3) is 0.208. The second-order valence-corrected chi connectivity index (χ2v) is 7.07. The molecular formula is C24H23NO. The molecule has 0 bridgehead atoms. The van der Waals surface area contributed by atoms with Gasteiger partial charge < -0.3 is 5.32 Å². The average molecular weight is 341 g/mol. The van der Waals surface area contributed by atoms with Crippen LogP contribution in [0.5, 0.6) is 0 Å². The van der Waals surface area contributed by atoms with Crippen LogP contribution in [0.25, 0.3) is 0 Å². The van der Waals surface area contributed by atoms with Crippen LogP contribution in [0.4, 0.5) is 5.69 Å². The molecule has 2 unspecified atom stereocenters. The van der Waals surface area contributed by atoms with E-state index in [1.807, 2.05) is 42.5 Å². The first-order valence-corrected chi connectivity index (χ1v) is 9.30.